The monoisotopic (exact) mass is 267 g/mol. The van der Waals surface area contributed by atoms with E-state index in [-0.39, 0.29) is 5.75 Å². The minimum absolute atomic E-state index is 0.101. The number of halogens is 1. The van der Waals surface area contributed by atoms with Gasteiger partial charge in [-0.3, -0.25) is 0 Å². The molecule has 3 nitrogen and oxygen atoms in total. The molecule has 0 bridgehead atoms. The predicted octanol–water partition coefficient (Wildman–Crippen LogP) is 2.60. The first kappa shape index (κ1) is 14.3. The molecule has 0 N–H and O–H groups in total. The first-order valence-corrected chi connectivity index (χ1v) is 8.67. The number of nitrogens with zero attached hydrogens (tertiary/aromatic N) is 1. The van der Waals surface area contributed by atoms with Gasteiger partial charge in [-0.2, -0.15) is 0 Å². The molecule has 1 atom stereocenters. The van der Waals surface area contributed by atoms with Gasteiger partial charge in [0.2, 0.25) is 9.05 Å². The highest BCUT2D eigenvalue weighted by Crippen LogP contribution is 2.21. The zero-order valence-electron chi connectivity index (χ0n) is 9.99. The van der Waals surface area contributed by atoms with E-state index in [9.17, 15) is 8.42 Å². The van der Waals surface area contributed by atoms with Crippen LogP contribution in [0.2, 0.25) is 0 Å². The van der Waals surface area contributed by atoms with E-state index in [1.807, 2.05) is 0 Å². The lowest BCUT2D eigenvalue weighted by molar-refractivity contribution is 0.140. The average Bonchev–Trinajstić information content (AvgIpc) is 2.19. The van der Waals surface area contributed by atoms with Gasteiger partial charge in [0.15, 0.2) is 0 Å². The summed E-state index contributed by atoms with van der Waals surface area (Å²) in [6.45, 7) is 4.19. The third-order valence-electron chi connectivity index (χ3n) is 3.20. The van der Waals surface area contributed by atoms with Gasteiger partial charge in [0, 0.05) is 16.7 Å². The Bertz CT molecular complexity index is 290. The Morgan fingerprint density at radius 2 is 2.12 bits per heavy atom. The maximum atomic E-state index is 10.8. The second-order valence-electron chi connectivity index (χ2n) is 4.57. The summed E-state index contributed by atoms with van der Waals surface area (Å²) in [5.41, 5.74) is 0. The fourth-order valence-electron chi connectivity index (χ4n) is 2.45. The van der Waals surface area contributed by atoms with E-state index in [1.54, 1.807) is 0 Å². The van der Waals surface area contributed by atoms with Crippen LogP contribution in [-0.2, 0) is 9.05 Å². The zero-order chi connectivity index (χ0) is 12.0. The van der Waals surface area contributed by atoms with Gasteiger partial charge in [0.05, 0.1) is 5.75 Å². The third kappa shape index (κ3) is 5.51. The largest absolute Gasteiger partial charge is 0.300 e. The first-order chi connectivity index (χ1) is 7.53. The van der Waals surface area contributed by atoms with Crippen LogP contribution < -0.4 is 0 Å². The Balaban J connectivity index is 2.32. The lowest BCUT2D eigenvalue weighted by Crippen LogP contribution is -2.40. The van der Waals surface area contributed by atoms with E-state index in [0.717, 1.165) is 13.1 Å². The molecule has 0 amide bonds. The molecular weight excluding hydrogens is 246 g/mol. The fraction of sp³-hybridized carbons (Fsp3) is 1.00. The van der Waals surface area contributed by atoms with E-state index in [2.05, 4.69) is 11.8 Å². The molecule has 1 heterocycles. The van der Waals surface area contributed by atoms with Crippen molar-refractivity contribution in [2.75, 3.05) is 18.8 Å². The number of piperidine rings is 1. The van der Waals surface area contributed by atoms with Crippen molar-refractivity contribution >= 4 is 19.7 Å². The Hall–Kier alpha value is 0.200. The molecule has 1 rings (SSSR count). The molecule has 0 aromatic heterocycles. The lowest BCUT2D eigenvalue weighted by Gasteiger charge is -2.35. The molecule has 0 aromatic carbocycles. The van der Waals surface area contributed by atoms with E-state index in [0.29, 0.717) is 12.5 Å². The highest BCUT2D eigenvalue weighted by molar-refractivity contribution is 8.13. The van der Waals surface area contributed by atoms with Crippen LogP contribution in [-0.4, -0.2) is 38.2 Å². The van der Waals surface area contributed by atoms with Gasteiger partial charge in [-0.1, -0.05) is 19.8 Å². The molecule has 0 aliphatic carbocycles. The van der Waals surface area contributed by atoms with Gasteiger partial charge in [-0.05, 0) is 38.8 Å². The molecule has 1 unspecified atom stereocenters. The zero-order valence-corrected chi connectivity index (χ0v) is 11.6. The topological polar surface area (TPSA) is 37.4 Å². The quantitative estimate of drug-likeness (QED) is 0.695. The molecule has 1 aliphatic rings. The summed E-state index contributed by atoms with van der Waals surface area (Å²) in [7, 11) is 1.89. The molecule has 0 radical (unpaired) electrons. The summed E-state index contributed by atoms with van der Waals surface area (Å²) < 4.78 is 21.7. The van der Waals surface area contributed by atoms with Gasteiger partial charge in [0.25, 0.3) is 0 Å². The van der Waals surface area contributed by atoms with Crippen molar-refractivity contribution in [1.82, 2.24) is 4.90 Å². The molecule has 1 saturated heterocycles. The molecule has 0 saturated carbocycles. The van der Waals surface area contributed by atoms with E-state index in [1.165, 1.54) is 32.1 Å². The van der Waals surface area contributed by atoms with Crippen LogP contribution in [0.25, 0.3) is 0 Å². The van der Waals surface area contributed by atoms with Crippen LogP contribution >= 0.6 is 10.7 Å². The Morgan fingerprint density at radius 3 is 2.75 bits per heavy atom. The van der Waals surface area contributed by atoms with Crippen LogP contribution in [0.5, 0.6) is 0 Å². The SMILES string of the molecule is CCCC1CCCCN1CCCS(=O)(=O)Cl. The van der Waals surface area contributed by atoms with Crippen molar-refractivity contribution in [3.05, 3.63) is 0 Å². The van der Waals surface area contributed by atoms with Gasteiger partial charge in [0.1, 0.15) is 0 Å². The number of rotatable bonds is 6. The summed E-state index contributed by atoms with van der Waals surface area (Å²) in [6.07, 6.45) is 6.92. The van der Waals surface area contributed by atoms with Gasteiger partial charge < -0.3 is 4.90 Å². The third-order valence-corrected chi connectivity index (χ3v) is 4.44. The van der Waals surface area contributed by atoms with Crippen molar-refractivity contribution < 1.29 is 8.42 Å². The minimum atomic E-state index is -3.31. The van der Waals surface area contributed by atoms with Crippen molar-refractivity contribution in [3.63, 3.8) is 0 Å². The van der Waals surface area contributed by atoms with E-state index < -0.39 is 9.05 Å². The highest BCUT2D eigenvalue weighted by Gasteiger charge is 2.21. The van der Waals surface area contributed by atoms with E-state index >= 15 is 0 Å². The Morgan fingerprint density at radius 1 is 1.38 bits per heavy atom. The summed E-state index contributed by atoms with van der Waals surface area (Å²) in [4.78, 5) is 2.44. The maximum absolute atomic E-state index is 10.8. The van der Waals surface area contributed by atoms with Crippen molar-refractivity contribution in [3.8, 4) is 0 Å². The minimum Gasteiger partial charge on any atom is -0.300 e. The van der Waals surface area contributed by atoms with Crippen LogP contribution in [0.15, 0.2) is 0 Å². The highest BCUT2D eigenvalue weighted by atomic mass is 35.7. The van der Waals surface area contributed by atoms with Crippen LogP contribution in [0.1, 0.15) is 45.4 Å². The Labute approximate surface area is 104 Å². The second-order valence-corrected chi connectivity index (χ2v) is 7.47. The van der Waals surface area contributed by atoms with E-state index in [4.69, 9.17) is 10.7 Å². The first-order valence-electron chi connectivity index (χ1n) is 6.19. The van der Waals surface area contributed by atoms with Crippen molar-refractivity contribution in [2.24, 2.45) is 0 Å². The standard InChI is InChI=1S/C11H22ClNO2S/c1-2-6-11-7-3-4-8-13(11)9-5-10-16(12,14)15/h11H,2-10H2,1H3. The molecule has 1 aliphatic heterocycles. The predicted molar refractivity (Wildman–Crippen MR) is 68.4 cm³/mol. The van der Waals surface area contributed by atoms with Crippen LogP contribution in [0.4, 0.5) is 0 Å². The fourth-order valence-corrected chi connectivity index (χ4v) is 3.26. The van der Waals surface area contributed by atoms with Gasteiger partial charge in [-0.25, -0.2) is 8.42 Å². The van der Waals surface area contributed by atoms with Crippen molar-refractivity contribution in [1.29, 1.82) is 0 Å². The maximum Gasteiger partial charge on any atom is 0.232 e. The smallest absolute Gasteiger partial charge is 0.232 e. The number of likely N-dealkylation sites (tertiary alicyclic amines) is 1. The average molecular weight is 268 g/mol. The molecule has 0 aromatic rings. The molecule has 1 fully saturated rings. The molecule has 16 heavy (non-hydrogen) atoms. The van der Waals surface area contributed by atoms with Gasteiger partial charge >= 0.3 is 0 Å². The normalized spacial score (nSPS) is 23.5. The van der Waals surface area contributed by atoms with Crippen molar-refractivity contribution in [2.45, 2.75) is 51.5 Å². The summed E-state index contributed by atoms with van der Waals surface area (Å²) >= 11 is 0. The van der Waals surface area contributed by atoms with Crippen LogP contribution in [0, 0.1) is 0 Å². The molecule has 0 spiro atoms. The van der Waals surface area contributed by atoms with Gasteiger partial charge in [-0.15, -0.1) is 0 Å². The summed E-state index contributed by atoms with van der Waals surface area (Å²) in [5, 5.41) is 0. The summed E-state index contributed by atoms with van der Waals surface area (Å²) in [5.74, 6) is 0.101. The lowest BCUT2D eigenvalue weighted by atomic mass is 9.98. The second kappa shape index (κ2) is 6.82. The number of hydrogen-bond donors (Lipinski definition) is 0. The summed E-state index contributed by atoms with van der Waals surface area (Å²) in [6, 6.07) is 0.664. The molecule has 96 valence electrons. The molecule has 5 heteroatoms. The number of hydrogen-bond acceptors (Lipinski definition) is 3. The van der Waals surface area contributed by atoms with Crippen LogP contribution in [0.3, 0.4) is 0 Å². The molecular formula is C11H22ClNO2S. The Kier molecular flexibility index (Phi) is 6.08.